The van der Waals surface area contributed by atoms with Crippen LogP contribution in [-0.2, 0) is 20.1 Å². The Labute approximate surface area is 118 Å². The number of benzene rings is 1. The molecule has 0 unspecified atom stereocenters. The maximum Gasteiger partial charge on any atom is 0.0638 e. The summed E-state index contributed by atoms with van der Waals surface area (Å²) in [5, 5.41) is 10.3. The van der Waals surface area contributed by atoms with Gasteiger partial charge in [0.25, 0.3) is 0 Å². The number of aryl methyl sites for hydroxylation is 2. The minimum atomic E-state index is 0.834. The van der Waals surface area contributed by atoms with Gasteiger partial charge in [-0.2, -0.15) is 5.10 Å². The van der Waals surface area contributed by atoms with Gasteiger partial charge in [0.05, 0.1) is 5.69 Å². The van der Waals surface area contributed by atoms with E-state index in [0.717, 1.165) is 18.8 Å². The lowest BCUT2D eigenvalue weighted by Gasteiger charge is -2.07. The van der Waals surface area contributed by atoms with Crippen molar-refractivity contribution in [3.05, 3.63) is 59.7 Å². The molecule has 20 heavy (non-hydrogen) atoms. The van der Waals surface area contributed by atoms with Gasteiger partial charge in [0, 0.05) is 49.7 Å². The molecule has 0 atom stereocenters. The molecule has 0 saturated heterocycles. The molecule has 2 aromatic heterocycles. The van der Waals surface area contributed by atoms with E-state index in [1.165, 1.54) is 21.9 Å². The van der Waals surface area contributed by atoms with Crippen molar-refractivity contribution < 1.29 is 0 Å². The average Bonchev–Trinajstić information content (AvgIpc) is 2.77. The molecular formula is C16H18N4. The SMILES string of the molecule is Cc1nn(C)cc1CNCc1cccc2cnccc12. The second-order valence-electron chi connectivity index (χ2n) is 5.03. The molecule has 0 aliphatic rings. The first-order valence-corrected chi connectivity index (χ1v) is 6.75. The highest BCUT2D eigenvalue weighted by atomic mass is 15.2. The standard InChI is InChI=1S/C16H18N4/c1-12-15(11-20(2)19-12)10-18-9-14-5-3-4-13-8-17-7-6-16(13)14/h3-8,11,18H,9-10H2,1-2H3. The Hall–Kier alpha value is -2.20. The van der Waals surface area contributed by atoms with E-state index in [4.69, 9.17) is 0 Å². The zero-order valence-electron chi connectivity index (χ0n) is 11.8. The zero-order valence-corrected chi connectivity index (χ0v) is 11.8. The second-order valence-corrected chi connectivity index (χ2v) is 5.03. The van der Waals surface area contributed by atoms with Crippen molar-refractivity contribution in [2.45, 2.75) is 20.0 Å². The number of nitrogens with zero attached hydrogens (tertiary/aromatic N) is 3. The van der Waals surface area contributed by atoms with E-state index in [-0.39, 0.29) is 0 Å². The fourth-order valence-electron chi connectivity index (χ4n) is 2.50. The van der Waals surface area contributed by atoms with E-state index < -0.39 is 0 Å². The number of aromatic nitrogens is 3. The third-order valence-corrected chi connectivity index (χ3v) is 3.52. The molecule has 0 fully saturated rings. The second kappa shape index (κ2) is 5.43. The van der Waals surface area contributed by atoms with E-state index >= 15 is 0 Å². The Morgan fingerprint density at radius 2 is 2.00 bits per heavy atom. The molecule has 1 N–H and O–H groups in total. The van der Waals surface area contributed by atoms with Gasteiger partial charge in [0.2, 0.25) is 0 Å². The summed E-state index contributed by atoms with van der Waals surface area (Å²) < 4.78 is 1.86. The first-order chi connectivity index (χ1) is 9.74. The zero-order chi connectivity index (χ0) is 13.9. The fourth-order valence-corrected chi connectivity index (χ4v) is 2.50. The molecule has 0 saturated carbocycles. The summed E-state index contributed by atoms with van der Waals surface area (Å²) in [6.07, 6.45) is 5.82. The number of nitrogens with one attached hydrogen (secondary N) is 1. The number of rotatable bonds is 4. The van der Waals surface area contributed by atoms with Crippen molar-refractivity contribution in [2.75, 3.05) is 0 Å². The van der Waals surface area contributed by atoms with Crippen LogP contribution in [0.15, 0.2) is 42.9 Å². The highest BCUT2D eigenvalue weighted by Crippen LogP contribution is 2.17. The molecule has 0 aliphatic carbocycles. The quantitative estimate of drug-likeness (QED) is 0.789. The van der Waals surface area contributed by atoms with Crippen molar-refractivity contribution in [2.24, 2.45) is 7.05 Å². The van der Waals surface area contributed by atoms with Crippen LogP contribution in [0.1, 0.15) is 16.8 Å². The molecule has 4 nitrogen and oxygen atoms in total. The molecule has 4 heteroatoms. The van der Waals surface area contributed by atoms with Gasteiger partial charge in [-0.1, -0.05) is 18.2 Å². The van der Waals surface area contributed by atoms with Crippen LogP contribution in [0.4, 0.5) is 0 Å². The smallest absolute Gasteiger partial charge is 0.0638 e. The lowest BCUT2D eigenvalue weighted by Crippen LogP contribution is -2.13. The maximum atomic E-state index is 4.36. The molecule has 0 bridgehead atoms. The van der Waals surface area contributed by atoms with Crippen LogP contribution in [-0.4, -0.2) is 14.8 Å². The van der Waals surface area contributed by atoms with E-state index in [1.807, 2.05) is 31.0 Å². The molecule has 2 heterocycles. The van der Waals surface area contributed by atoms with Gasteiger partial charge in [0.15, 0.2) is 0 Å². The molecular weight excluding hydrogens is 248 g/mol. The molecule has 0 aliphatic heterocycles. The molecule has 3 aromatic rings. The van der Waals surface area contributed by atoms with E-state index in [2.05, 4.69) is 45.9 Å². The maximum absolute atomic E-state index is 4.36. The Bertz CT molecular complexity index is 725. The molecule has 1 aromatic carbocycles. The Morgan fingerprint density at radius 1 is 1.15 bits per heavy atom. The van der Waals surface area contributed by atoms with Gasteiger partial charge >= 0.3 is 0 Å². The largest absolute Gasteiger partial charge is 0.308 e. The van der Waals surface area contributed by atoms with Gasteiger partial charge in [-0.3, -0.25) is 9.67 Å². The van der Waals surface area contributed by atoms with Crippen molar-refractivity contribution in [1.29, 1.82) is 0 Å². The van der Waals surface area contributed by atoms with Crippen LogP contribution >= 0.6 is 0 Å². The van der Waals surface area contributed by atoms with Crippen LogP contribution in [0.25, 0.3) is 10.8 Å². The van der Waals surface area contributed by atoms with Gasteiger partial charge in [-0.25, -0.2) is 0 Å². The Kier molecular flexibility index (Phi) is 3.48. The summed E-state index contributed by atoms with van der Waals surface area (Å²) in [4.78, 5) is 4.16. The summed E-state index contributed by atoms with van der Waals surface area (Å²) in [7, 11) is 1.95. The van der Waals surface area contributed by atoms with Crippen molar-refractivity contribution >= 4 is 10.8 Å². The Morgan fingerprint density at radius 3 is 2.80 bits per heavy atom. The highest BCUT2D eigenvalue weighted by Gasteiger charge is 2.04. The summed E-state index contributed by atoms with van der Waals surface area (Å²) in [5.41, 5.74) is 3.63. The van der Waals surface area contributed by atoms with Crippen LogP contribution in [0.5, 0.6) is 0 Å². The summed E-state index contributed by atoms with van der Waals surface area (Å²) in [6, 6.07) is 8.40. The molecule has 0 amide bonds. The normalized spacial score (nSPS) is 11.1. The molecule has 0 spiro atoms. The topological polar surface area (TPSA) is 42.7 Å². The lowest BCUT2D eigenvalue weighted by atomic mass is 10.1. The van der Waals surface area contributed by atoms with Crippen molar-refractivity contribution in [1.82, 2.24) is 20.1 Å². The third-order valence-electron chi connectivity index (χ3n) is 3.52. The predicted molar refractivity (Wildman–Crippen MR) is 80.2 cm³/mol. The van der Waals surface area contributed by atoms with Crippen LogP contribution < -0.4 is 5.32 Å². The number of hydrogen-bond acceptors (Lipinski definition) is 3. The lowest BCUT2D eigenvalue weighted by molar-refractivity contribution is 0.693. The van der Waals surface area contributed by atoms with Crippen molar-refractivity contribution in [3.8, 4) is 0 Å². The summed E-state index contributed by atoms with van der Waals surface area (Å²) in [5.74, 6) is 0. The molecule has 3 rings (SSSR count). The van der Waals surface area contributed by atoms with Gasteiger partial charge in [0.1, 0.15) is 0 Å². The van der Waals surface area contributed by atoms with E-state index in [1.54, 1.807) is 0 Å². The third kappa shape index (κ3) is 2.56. The molecule has 0 radical (unpaired) electrons. The first-order valence-electron chi connectivity index (χ1n) is 6.75. The van der Waals surface area contributed by atoms with Gasteiger partial charge < -0.3 is 5.32 Å². The number of fused-ring (bicyclic) bond motifs is 1. The Balaban J connectivity index is 1.73. The van der Waals surface area contributed by atoms with Crippen LogP contribution in [0, 0.1) is 6.92 Å². The van der Waals surface area contributed by atoms with Gasteiger partial charge in [-0.05, 0) is 23.9 Å². The predicted octanol–water partition coefficient (Wildman–Crippen LogP) is 2.57. The highest BCUT2D eigenvalue weighted by molar-refractivity contribution is 5.84. The fraction of sp³-hybridized carbons (Fsp3) is 0.250. The summed E-state index contributed by atoms with van der Waals surface area (Å²) >= 11 is 0. The van der Waals surface area contributed by atoms with Crippen LogP contribution in [0.2, 0.25) is 0 Å². The average molecular weight is 266 g/mol. The first kappa shape index (κ1) is 12.8. The number of hydrogen-bond donors (Lipinski definition) is 1. The minimum Gasteiger partial charge on any atom is -0.308 e. The van der Waals surface area contributed by atoms with Crippen LogP contribution in [0.3, 0.4) is 0 Å². The molecule has 102 valence electrons. The number of pyridine rings is 1. The summed E-state index contributed by atoms with van der Waals surface area (Å²) in [6.45, 7) is 3.72. The van der Waals surface area contributed by atoms with Crippen molar-refractivity contribution in [3.63, 3.8) is 0 Å². The van der Waals surface area contributed by atoms with E-state index in [0.29, 0.717) is 0 Å². The minimum absolute atomic E-state index is 0.834. The monoisotopic (exact) mass is 266 g/mol. The van der Waals surface area contributed by atoms with Gasteiger partial charge in [-0.15, -0.1) is 0 Å². The van der Waals surface area contributed by atoms with E-state index in [9.17, 15) is 0 Å².